The van der Waals surface area contributed by atoms with E-state index in [1.54, 1.807) is 0 Å². The quantitative estimate of drug-likeness (QED) is 0.496. The number of hydrogen-bond donors (Lipinski definition) is 1. The SMILES string of the molecule is C#CCNC1CC(=O)N(CCC)C1=O. The summed E-state index contributed by atoms with van der Waals surface area (Å²) in [4.78, 5) is 24.2. The second kappa shape index (κ2) is 4.77. The van der Waals surface area contributed by atoms with Crippen LogP contribution >= 0.6 is 0 Å². The van der Waals surface area contributed by atoms with Gasteiger partial charge in [0.2, 0.25) is 11.8 Å². The number of likely N-dealkylation sites (tertiary alicyclic amines) is 1. The number of hydrogen-bond acceptors (Lipinski definition) is 3. The second-order valence-corrected chi connectivity index (χ2v) is 3.23. The van der Waals surface area contributed by atoms with Crippen molar-refractivity contribution in [1.82, 2.24) is 10.2 Å². The zero-order valence-electron chi connectivity index (χ0n) is 8.25. The summed E-state index contributed by atoms with van der Waals surface area (Å²) >= 11 is 0. The smallest absolute Gasteiger partial charge is 0.246 e. The number of rotatable bonds is 4. The van der Waals surface area contributed by atoms with Crippen LogP contribution in [0, 0.1) is 12.3 Å². The van der Waals surface area contributed by atoms with E-state index < -0.39 is 6.04 Å². The van der Waals surface area contributed by atoms with Gasteiger partial charge in [-0.3, -0.25) is 19.8 Å². The van der Waals surface area contributed by atoms with E-state index in [9.17, 15) is 9.59 Å². The molecule has 0 radical (unpaired) electrons. The first-order valence-corrected chi connectivity index (χ1v) is 4.71. The van der Waals surface area contributed by atoms with Crippen molar-refractivity contribution >= 4 is 11.8 Å². The molecule has 1 saturated heterocycles. The van der Waals surface area contributed by atoms with Crippen LogP contribution in [0.4, 0.5) is 0 Å². The molecule has 0 bridgehead atoms. The Labute approximate surface area is 83.6 Å². The van der Waals surface area contributed by atoms with Crippen LogP contribution in [0.2, 0.25) is 0 Å². The van der Waals surface area contributed by atoms with Gasteiger partial charge < -0.3 is 0 Å². The molecule has 1 aliphatic heterocycles. The van der Waals surface area contributed by atoms with Gasteiger partial charge in [0.1, 0.15) is 0 Å². The van der Waals surface area contributed by atoms with Crippen LogP contribution in [-0.2, 0) is 9.59 Å². The Kier molecular flexibility index (Phi) is 3.66. The highest BCUT2D eigenvalue weighted by atomic mass is 16.2. The Morgan fingerprint density at radius 3 is 2.93 bits per heavy atom. The van der Waals surface area contributed by atoms with E-state index in [1.807, 2.05) is 6.92 Å². The van der Waals surface area contributed by atoms with Gasteiger partial charge in [-0.15, -0.1) is 6.42 Å². The van der Waals surface area contributed by atoms with Crippen LogP contribution in [0.5, 0.6) is 0 Å². The summed E-state index contributed by atoms with van der Waals surface area (Å²) < 4.78 is 0. The summed E-state index contributed by atoms with van der Waals surface area (Å²) in [5.41, 5.74) is 0. The standard InChI is InChI=1S/C10H14N2O2/c1-3-5-11-8-7-9(13)12(6-4-2)10(8)14/h1,8,11H,4-7H2,2H3. The van der Waals surface area contributed by atoms with Gasteiger partial charge in [-0.2, -0.15) is 0 Å². The molecule has 0 aromatic rings. The number of carbonyl (C=O) groups is 2. The van der Waals surface area contributed by atoms with Crippen LogP contribution in [0.25, 0.3) is 0 Å². The molecule has 14 heavy (non-hydrogen) atoms. The van der Waals surface area contributed by atoms with E-state index in [4.69, 9.17) is 6.42 Å². The third-order valence-corrected chi connectivity index (χ3v) is 2.14. The lowest BCUT2D eigenvalue weighted by atomic mass is 10.2. The van der Waals surface area contributed by atoms with Crippen molar-refractivity contribution in [3.05, 3.63) is 0 Å². The molecule has 1 rings (SSSR count). The maximum Gasteiger partial charge on any atom is 0.246 e. The van der Waals surface area contributed by atoms with Crippen LogP contribution in [-0.4, -0.2) is 35.8 Å². The Bertz CT molecular complexity index is 280. The number of nitrogens with zero attached hydrogens (tertiary/aromatic N) is 1. The van der Waals surface area contributed by atoms with Crippen molar-refractivity contribution in [2.45, 2.75) is 25.8 Å². The largest absolute Gasteiger partial charge is 0.295 e. The molecule has 0 aromatic carbocycles. The van der Waals surface area contributed by atoms with Crippen molar-refractivity contribution in [1.29, 1.82) is 0 Å². The molecule has 1 atom stereocenters. The van der Waals surface area contributed by atoms with E-state index in [0.29, 0.717) is 13.1 Å². The maximum absolute atomic E-state index is 11.6. The molecule has 4 nitrogen and oxygen atoms in total. The Hall–Kier alpha value is -1.34. The van der Waals surface area contributed by atoms with Gasteiger partial charge in [-0.05, 0) is 6.42 Å². The first kappa shape index (κ1) is 10.7. The lowest BCUT2D eigenvalue weighted by Crippen LogP contribution is -2.39. The highest BCUT2D eigenvalue weighted by Crippen LogP contribution is 2.12. The Balaban J connectivity index is 2.56. The molecule has 4 heteroatoms. The van der Waals surface area contributed by atoms with E-state index in [1.165, 1.54) is 4.90 Å². The minimum Gasteiger partial charge on any atom is -0.295 e. The van der Waals surface area contributed by atoms with E-state index >= 15 is 0 Å². The molecule has 0 spiro atoms. The molecule has 0 aromatic heterocycles. The summed E-state index contributed by atoms with van der Waals surface area (Å²) in [7, 11) is 0. The molecule has 1 heterocycles. The third-order valence-electron chi connectivity index (χ3n) is 2.14. The van der Waals surface area contributed by atoms with E-state index in [-0.39, 0.29) is 18.2 Å². The van der Waals surface area contributed by atoms with Crippen LogP contribution in [0.1, 0.15) is 19.8 Å². The lowest BCUT2D eigenvalue weighted by molar-refractivity contribution is -0.138. The summed E-state index contributed by atoms with van der Waals surface area (Å²) in [6.45, 7) is 2.76. The zero-order valence-corrected chi connectivity index (χ0v) is 8.25. The Morgan fingerprint density at radius 2 is 2.36 bits per heavy atom. The summed E-state index contributed by atoms with van der Waals surface area (Å²) in [5.74, 6) is 2.13. The van der Waals surface area contributed by atoms with Gasteiger partial charge >= 0.3 is 0 Å². The minimum atomic E-state index is -0.412. The lowest BCUT2D eigenvalue weighted by Gasteiger charge is -2.13. The fourth-order valence-corrected chi connectivity index (χ4v) is 1.48. The summed E-state index contributed by atoms with van der Waals surface area (Å²) in [5, 5.41) is 2.85. The molecule has 76 valence electrons. The molecule has 0 saturated carbocycles. The first-order valence-electron chi connectivity index (χ1n) is 4.71. The van der Waals surface area contributed by atoms with Crippen LogP contribution in [0.3, 0.4) is 0 Å². The molecule has 2 amide bonds. The average molecular weight is 194 g/mol. The van der Waals surface area contributed by atoms with Crippen molar-refractivity contribution in [2.75, 3.05) is 13.1 Å². The van der Waals surface area contributed by atoms with Gasteiger partial charge in [0, 0.05) is 6.54 Å². The van der Waals surface area contributed by atoms with Crippen molar-refractivity contribution in [2.24, 2.45) is 0 Å². The molecular formula is C10H14N2O2. The zero-order chi connectivity index (χ0) is 10.6. The maximum atomic E-state index is 11.6. The second-order valence-electron chi connectivity index (χ2n) is 3.23. The van der Waals surface area contributed by atoms with Crippen LogP contribution in [0.15, 0.2) is 0 Å². The van der Waals surface area contributed by atoms with E-state index in [0.717, 1.165) is 6.42 Å². The van der Waals surface area contributed by atoms with Crippen molar-refractivity contribution < 1.29 is 9.59 Å². The number of nitrogens with one attached hydrogen (secondary N) is 1. The van der Waals surface area contributed by atoms with Crippen molar-refractivity contribution in [3.63, 3.8) is 0 Å². The average Bonchev–Trinajstić information content (AvgIpc) is 2.43. The third kappa shape index (κ3) is 2.12. The minimum absolute atomic E-state index is 0.105. The molecule has 0 aliphatic carbocycles. The van der Waals surface area contributed by atoms with Crippen LogP contribution < -0.4 is 5.32 Å². The van der Waals surface area contributed by atoms with Gasteiger partial charge in [0.25, 0.3) is 0 Å². The first-order chi connectivity index (χ1) is 6.70. The Morgan fingerprint density at radius 1 is 1.64 bits per heavy atom. The number of carbonyl (C=O) groups excluding carboxylic acids is 2. The fraction of sp³-hybridized carbons (Fsp3) is 0.600. The number of terminal acetylenes is 1. The number of amides is 2. The molecular weight excluding hydrogens is 180 g/mol. The van der Waals surface area contributed by atoms with Gasteiger partial charge in [0.15, 0.2) is 0 Å². The normalized spacial score (nSPS) is 21.4. The topological polar surface area (TPSA) is 49.4 Å². The predicted octanol–water partition coefficient (Wildman–Crippen LogP) is -0.253. The monoisotopic (exact) mass is 194 g/mol. The predicted molar refractivity (Wildman–Crippen MR) is 52.3 cm³/mol. The van der Waals surface area contributed by atoms with E-state index in [2.05, 4.69) is 11.2 Å². The molecule has 1 N–H and O–H groups in total. The van der Waals surface area contributed by atoms with Gasteiger partial charge in [-0.1, -0.05) is 12.8 Å². The highest BCUT2D eigenvalue weighted by Gasteiger charge is 2.37. The fourth-order valence-electron chi connectivity index (χ4n) is 1.48. The number of imide groups is 1. The van der Waals surface area contributed by atoms with Gasteiger partial charge in [0.05, 0.1) is 19.0 Å². The molecule has 1 fully saturated rings. The molecule has 1 aliphatic rings. The molecule has 1 unspecified atom stereocenters. The highest BCUT2D eigenvalue weighted by molar-refractivity contribution is 6.05. The van der Waals surface area contributed by atoms with Crippen molar-refractivity contribution in [3.8, 4) is 12.3 Å². The van der Waals surface area contributed by atoms with Gasteiger partial charge in [-0.25, -0.2) is 0 Å². The summed E-state index contributed by atoms with van der Waals surface area (Å²) in [6.07, 6.45) is 6.09. The summed E-state index contributed by atoms with van der Waals surface area (Å²) in [6, 6.07) is -0.412.